The van der Waals surface area contributed by atoms with Crippen LogP contribution in [0.4, 0.5) is 8.78 Å². The minimum atomic E-state index is -3.95. The normalized spacial score (nSPS) is 23.8. The lowest BCUT2D eigenvalue weighted by Crippen LogP contribution is -2.43. The summed E-state index contributed by atoms with van der Waals surface area (Å²) in [6, 6.07) is 7.83. The van der Waals surface area contributed by atoms with E-state index in [9.17, 15) is 17.2 Å². The predicted molar refractivity (Wildman–Crippen MR) is 89.8 cm³/mol. The first-order chi connectivity index (χ1) is 11.2. The predicted octanol–water partition coefficient (Wildman–Crippen LogP) is 4.89. The molecule has 2 aromatic carbocycles. The van der Waals surface area contributed by atoms with Gasteiger partial charge in [-0.25, -0.2) is 17.2 Å². The molecule has 0 aliphatic heterocycles. The summed E-state index contributed by atoms with van der Waals surface area (Å²) in [6.07, 6.45) is 0.794. The molecule has 0 N–H and O–H groups in total. The lowest BCUT2D eigenvalue weighted by atomic mass is 9.75. The van der Waals surface area contributed by atoms with Gasteiger partial charge in [0.15, 0.2) is 9.84 Å². The molecule has 0 saturated heterocycles. The monoisotopic (exact) mass is 370 g/mol. The Morgan fingerprint density at radius 2 is 1.67 bits per heavy atom. The molecule has 1 aliphatic rings. The molecule has 2 aromatic rings. The van der Waals surface area contributed by atoms with Crippen molar-refractivity contribution in [3.05, 3.63) is 64.2 Å². The fourth-order valence-corrected chi connectivity index (χ4v) is 5.76. The Bertz CT molecular complexity index is 894. The fourth-order valence-electron chi connectivity index (χ4n) is 3.52. The van der Waals surface area contributed by atoms with Crippen LogP contribution in [-0.4, -0.2) is 8.42 Å². The van der Waals surface area contributed by atoms with Crippen molar-refractivity contribution >= 4 is 21.4 Å². The van der Waals surface area contributed by atoms with Crippen molar-refractivity contribution in [3.8, 4) is 0 Å². The summed E-state index contributed by atoms with van der Waals surface area (Å²) in [5, 5.41) is 0.411. The van der Waals surface area contributed by atoms with Crippen LogP contribution in [0.3, 0.4) is 0 Å². The maximum atomic E-state index is 14.6. The summed E-state index contributed by atoms with van der Waals surface area (Å²) < 4.78 is 53.9. The van der Waals surface area contributed by atoms with Gasteiger partial charge in [0, 0.05) is 10.6 Å². The molecule has 0 saturated carbocycles. The molecule has 2 nitrogen and oxygen atoms in total. The smallest absolute Gasteiger partial charge is 0.188 e. The molecule has 0 heterocycles. The van der Waals surface area contributed by atoms with Crippen LogP contribution in [0.2, 0.25) is 5.02 Å². The van der Waals surface area contributed by atoms with Crippen LogP contribution >= 0.6 is 11.6 Å². The van der Waals surface area contributed by atoms with E-state index in [1.165, 1.54) is 31.2 Å². The van der Waals surface area contributed by atoms with Crippen molar-refractivity contribution in [1.29, 1.82) is 0 Å². The van der Waals surface area contributed by atoms with Gasteiger partial charge in [-0.3, -0.25) is 0 Å². The molecule has 0 spiro atoms. The topological polar surface area (TPSA) is 34.1 Å². The average Bonchev–Trinajstić information content (AvgIpc) is 2.54. The molecule has 0 bridgehead atoms. The van der Waals surface area contributed by atoms with E-state index in [0.717, 1.165) is 12.1 Å². The molecule has 0 fully saturated rings. The van der Waals surface area contributed by atoms with Gasteiger partial charge in [-0.15, -0.1) is 0 Å². The van der Waals surface area contributed by atoms with Crippen LogP contribution in [-0.2, 0) is 21.0 Å². The fraction of sp³-hybridized carbons (Fsp3) is 0.333. The van der Waals surface area contributed by atoms with E-state index in [1.54, 1.807) is 6.92 Å². The van der Waals surface area contributed by atoms with Crippen LogP contribution in [0.25, 0.3) is 0 Å². The van der Waals surface area contributed by atoms with Crippen molar-refractivity contribution in [1.82, 2.24) is 0 Å². The molecule has 0 radical (unpaired) electrons. The highest BCUT2D eigenvalue weighted by Gasteiger charge is 2.51. The number of hydrogen-bond acceptors (Lipinski definition) is 2. The maximum absolute atomic E-state index is 14.6. The van der Waals surface area contributed by atoms with Gasteiger partial charge in [0.25, 0.3) is 0 Å². The molecule has 2 unspecified atom stereocenters. The Morgan fingerprint density at radius 3 is 2.29 bits per heavy atom. The summed E-state index contributed by atoms with van der Waals surface area (Å²) >= 11 is 5.83. The summed E-state index contributed by atoms with van der Waals surface area (Å²) in [5.41, 5.74) is 0.115. The van der Waals surface area contributed by atoms with E-state index < -0.39 is 26.2 Å². The van der Waals surface area contributed by atoms with Crippen molar-refractivity contribution in [2.24, 2.45) is 5.92 Å². The van der Waals surface area contributed by atoms with Crippen molar-refractivity contribution in [2.45, 2.75) is 36.3 Å². The number of hydrogen-bond donors (Lipinski definition) is 0. The van der Waals surface area contributed by atoms with Gasteiger partial charge in [0.2, 0.25) is 0 Å². The first-order valence-electron chi connectivity index (χ1n) is 7.67. The lowest BCUT2D eigenvalue weighted by molar-refractivity contribution is 0.344. The van der Waals surface area contributed by atoms with Crippen LogP contribution in [0, 0.1) is 17.6 Å². The minimum absolute atomic E-state index is 0.0452. The second-order valence-corrected chi connectivity index (χ2v) is 9.15. The molecule has 1 aliphatic carbocycles. The Kier molecular flexibility index (Phi) is 4.21. The van der Waals surface area contributed by atoms with E-state index in [4.69, 9.17) is 11.6 Å². The van der Waals surface area contributed by atoms with E-state index in [1.807, 2.05) is 0 Å². The number of fused-ring (bicyclic) bond motifs is 1. The molecule has 2 atom stereocenters. The third-order valence-corrected chi connectivity index (χ3v) is 8.02. The van der Waals surface area contributed by atoms with Crippen LogP contribution in [0.1, 0.15) is 31.4 Å². The number of halogens is 3. The Labute approximate surface area is 145 Å². The Hall–Kier alpha value is -1.46. The highest BCUT2D eigenvalue weighted by atomic mass is 35.5. The summed E-state index contributed by atoms with van der Waals surface area (Å²) in [4.78, 5) is 0.0535. The van der Waals surface area contributed by atoms with Crippen LogP contribution in [0.5, 0.6) is 0 Å². The molecule has 3 rings (SSSR count). The maximum Gasteiger partial charge on any atom is 0.188 e. The van der Waals surface area contributed by atoms with Crippen LogP contribution < -0.4 is 0 Å². The third-order valence-electron chi connectivity index (χ3n) is 5.15. The van der Waals surface area contributed by atoms with Gasteiger partial charge in [-0.05, 0) is 67.6 Å². The molecule has 0 aromatic heterocycles. The highest BCUT2D eigenvalue weighted by molar-refractivity contribution is 7.92. The average molecular weight is 371 g/mol. The first kappa shape index (κ1) is 17.4. The Balaban J connectivity index is 2.30. The molecular formula is C18H17ClF2O2S. The van der Waals surface area contributed by atoms with E-state index in [0.29, 0.717) is 17.9 Å². The van der Waals surface area contributed by atoms with E-state index in [-0.39, 0.29) is 21.9 Å². The second-order valence-electron chi connectivity index (χ2n) is 6.39. The quantitative estimate of drug-likeness (QED) is 0.754. The zero-order valence-corrected chi connectivity index (χ0v) is 14.9. The number of benzene rings is 2. The van der Waals surface area contributed by atoms with Crippen molar-refractivity contribution in [2.75, 3.05) is 0 Å². The second kappa shape index (κ2) is 5.81. The van der Waals surface area contributed by atoms with Crippen molar-refractivity contribution < 1.29 is 17.2 Å². The van der Waals surface area contributed by atoms with Gasteiger partial charge in [0.1, 0.15) is 16.4 Å². The number of sulfone groups is 1. The third kappa shape index (κ3) is 2.37. The standard InChI is InChI=1S/C18H17ClF2O2S/c1-11-3-8-14-15(20)9-10-16(21)17(14)18(11,2)24(22,23)13-6-4-12(19)5-7-13/h4-7,9-11H,3,8H2,1-2H3. The molecule has 24 heavy (non-hydrogen) atoms. The summed E-state index contributed by atoms with van der Waals surface area (Å²) in [7, 11) is -3.95. The Morgan fingerprint density at radius 1 is 1.08 bits per heavy atom. The first-order valence-corrected chi connectivity index (χ1v) is 9.53. The minimum Gasteiger partial charge on any atom is -0.223 e. The van der Waals surface area contributed by atoms with E-state index in [2.05, 4.69) is 0 Å². The van der Waals surface area contributed by atoms with Gasteiger partial charge in [-0.1, -0.05) is 18.5 Å². The van der Waals surface area contributed by atoms with E-state index >= 15 is 0 Å². The molecule has 6 heteroatoms. The van der Waals surface area contributed by atoms with Gasteiger partial charge < -0.3 is 0 Å². The zero-order chi connectivity index (χ0) is 17.7. The summed E-state index contributed by atoms with van der Waals surface area (Å²) in [6.45, 7) is 3.25. The summed E-state index contributed by atoms with van der Waals surface area (Å²) in [5.74, 6) is -1.60. The largest absolute Gasteiger partial charge is 0.223 e. The SMILES string of the molecule is CC1CCc2c(F)ccc(F)c2C1(C)S(=O)(=O)c1ccc(Cl)cc1. The van der Waals surface area contributed by atoms with Crippen molar-refractivity contribution in [3.63, 3.8) is 0 Å². The van der Waals surface area contributed by atoms with Gasteiger partial charge in [-0.2, -0.15) is 0 Å². The van der Waals surface area contributed by atoms with Crippen LogP contribution in [0.15, 0.2) is 41.3 Å². The molecular weight excluding hydrogens is 354 g/mol. The zero-order valence-electron chi connectivity index (χ0n) is 13.3. The number of rotatable bonds is 2. The van der Waals surface area contributed by atoms with Gasteiger partial charge in [0.05, 0.1) is 4.90 Å². The molecule has 0 amide bonds. The lowest BCUT2D eigenvalue weighted by Gasteiger charge is -2.41. The highest BCUT2D eigenvalue weighted by Crippen LogP contribution is 2.49. The van der Waals surface area contributed by atoms with Gasteiger partial charge >= 0.3 is 0 Å². The molecule has 128 valence electrons.